The van der Waals surface area contributed by atoms with Crippen LogP contribution in [0.5, 0.6) is 0 Å². The Hall–Kier alpha value is -6.35. The number of rotatable bonds is 22. The monoisotopic (exact) mass is 1380 g/mol. The topological polar surface area (TPSA) is 325 Å². The molecule has 26 nitrogen and oxygen atoms in total. The lowest BCUT2D eigenvalue weighted by Crippen LogP contribution is -2.64. The van der Waals surface area contributed by atoms with Gasteiger partial charge in [-0.1, -0.05) is 95.2 Å². The summed E-state index contributed by atoms with van der Waals surface area (Å²) in [5.41, 5.74) is -1.62. The normalized spacial score (nSPS) is 26.0. The maximum atomic E-state index is 15.4. The highest BCUT2D eigenvalue weighted by molar-refractivity contribution is 7.99. The number of unbranched alkanes of at least 4 members (excludes halogenated alkanes) is 1. The average Bonchev–Trinajstić information content (AvgIpc) is 0.852. The van der Waals surface area contributed by atoms with Gasteiger partial charge in [0.15, 0.2) is 0 Å². The lowest BCUT2D eigenvalue weighted by molar-refractivity contribution is -0.157. The lowest BCUT2D eigenvalue weighted by Gasteiger charge is -2.41. The largest absolute Gasteiger partial charge is 0.469 e. The molecule has 1 saturated heterocycles. The third-order valence-corrected chi connectivity index (χ3v) is 18.9. The van der Waals surface area contributed by atoms with Gasteiger partial charge in [-0.25, -0.2) is 0 Å². The first kappa shape index (κ1) is 87.7. The molecule has 1 aliphatic rings. The van der Waals surface area contributed by atoms with Crippen LogP contribution in [-0.2, 0) is 62.3 Å². The second-order valence-corrected chi connectivity index (χ2v) is 30.0. The van der Waals surface area contributed by atoms with E-state index in [-0.39, 0.29) is 68.5 Å². The first-order valence-electron chi connectivity index (χ1n) is 34.1. The molecule has 6 N–H and O–H groups in total. The first-order valence-corrected chi connectivity index (χ1v) is 35.3. The number of methoxy groups -OCH3 is 1. The summed E-state index contributed by atoms with van der Waals surface area (Å²) in [6.07, 6.45) is 3.28. The number of carbonyl (C=O) groups is 12. The van der Waals surface area contributed by atoms with Crippen LogP contribution in [0.1, 0.15) is 175 Å². The Morgan fingerprint density at radius 2 is 0.990 bits per heavy atom. The molecular weight excluding hydrogens is 1250 g/mol. The molecular formula is C69H123N11O15S. The molecule has 0 saturated carbocycles. The van der Waals surface area contributed by atoms with E-state index < -0.39 is 167 Å². The van der Waals surface area contributed by atoms with Gasteiger partial charge in [0, 0.05) is 67.9 Å². The number of amides is 11. The summed E-state index contributed by atoms with van der Waals surface area (Å²) in [4.78, 5) is 184. The second-order valence-electron chi connectivity index (χ2n) is 28.8. The molecule has 0 radical (unpaired) electrons. The predicted molar refractivity (Wildman–Crippen MR) is 372 cm³/mol. The van der Waals surface area contributed by atoms with Gasteiger partial charge in [0.05, 0.1) is 18.8 Å². The Morgan fingerprint density at radius 3 is 1.47 bits per heavy atom. The lowest BCUT2D eigenvalue weighted by atomic mass is 9.91. The standard InChI is InChI=1S/C69H123N11O15S/c1-26-28-31-44(13)57(82)56-61(86)72-47(27-2)63(88)78(22)52(38-96-33-30-29-32-53(81)95-25)66(91)77(21)51(37-69(16,17)94)60(85)73-54(42(9)10)67(92)74(18)48(34-39(3)4)59(84)70-45(14)58(83)71-46(15)62(87)75(19)49(35-40(5)6)64(89)76(20)50(36-41(7)8)65(90)79(23)55(43(11)12)68(93)80(56)24/h26,28,39-52,54-57,82,94H,27,29-38H2,1-25H3,(H,70,84)(H,71,83)(H,72,86)(H,73,85)/b28-26+/t44-,45-,46+,47+,48-,49+,50+,51+,52+,54-,55+,56+,57-/m1/s1. The number of esters is 1. The maximum Gasteiger partial charge on any atom is 0.305 e. The molecule has 0 spiro atoms. The first-order chi connectivity index (χ1) is 44.4. The van der Waals surface area contributed by atoms with E-state index in [2.05, 4.69) is 21.3 Å². The molecule has 13 atom stereocenters. The molecule has 0 aromatic rings. The van der Waals surface area contributed by atoms with Crippen molar-refractivity contribution in [2.75, 3.05) is 67.9 Å². The number of carbonyl (C=O) groups excluding carboxylic acids is 12. The van der Waals surface area contributed by atoms with Crippen molar-refractivity contribution in [1.29, 1.82) is 0 Å². The summed E-state index contributed by atoms with van der Waals surface area (Å²) in [7, 11) is 11.0. The highest BCUT2D eigenvalue weighted by Crippen LogP contribution is 2.27. The number of allylic oxidation sites excluding steroid dienone is 2. The van der Waals surface area contributed by atoms with E-state index in [1.165, 1.54) is 115 Å². The van der Waals surface area contributed by atoms with Gasteiger partial charge in [0.1, 0.15) is 66.5 Å². The molecule has 1 fully saturated rings. The maximum absolute atomic E-state index is 15.4. The molecule has 0 bridgehead atoms. The van der Waals surface area contributed by atoms with Crippen molar-refractivity contribution in [2.24, 2.45) is 35.5 Å². The molecule has 0 aromatic carbocycles. The number of hydrogen-bond acceptors (Lipinski definition) is 16. The Morgan fingerprint density at radius 1 is 0.542 bits per heavy atom. The van der Waals surface area contributed by atoms with Crippen molar-refractivity contribution in [3.05, 3.63) is 12.2 Å². The van der Waals surface area contributed by atoms with Crippen molar-refractivity contribution < 1.29 is 72.5 Å². The van der Waals surface area contributed by atoms with Crippen LogP contribution in [-0.4, -0.2) is 262 Å². The van der Waals surface area contributed by atoms with Gasteiger partial charge in [-0.05, 0) is 121 Å². The van der Waals surface area contributed by atoms with Gasteiger partial charge in [-0.15, -0.1) is 0 Å². The summed E-state index contributed by atoms with van der Waals surface area (Å²) in [6, 6.07) is -14.7. The minimum absolute atomic E-state index is 0.0617. The van der Waals surface area contributed by atoms with Crippen molar-refractivity contribution in [2.45, 2.75) is 254 Å². The Balaban J connectivity index is 4.57. The van der Waals surface area contributed by atoms with Gasteiger partial charge < -0.3 is 70.5 Å². The summed E-state index contributed by atoms with van der Waals surface area (Å²) < 4.78 is 4.80. The van der Waals surface area contributed by atoms with E-state index in [9.17, 15) is 39.0 Å². The Labute approximate surface area is 577 Å². The van der Waals surface area contributed by atoms with Crippen LogP contribution in [0.25, 0.3) is 0 Å². The second kappa shape index (κ2) is 40.5. The zero-order chi connectivity index (χ0) is 74.3. The number of aliphatic hydroxyl groups excluding tert-OH is 1. The molecule has 1 aliphatic heterocycles. The van der Waals surface area contributed by atoms with Gasteiger partial charge in [0.25, 0.3) is 0 Å². The molecule has 550 valence electrons. The van der Waals surface area contributed by atoms with Crippen molar-refractivity contribution >= 4 is 82.7 Å². The quantitative estimate of drug-likeness (QED) is 0.0510. The van der Waals surface area contributed by atoms with Gasteiger partial charge in [-0.3, -0.25) is 57.5 Å². The van der Waals surface area contributed by atoms with E-state index in [4.69, 9.17) is 4.74 Å². The smallest absolute Gasteiger partial charge is 0.305 e. The summed E-state index contributed by atoms with van der Waals surface area (Å²) in [5, 5.41) is 34.7. The molecule has 1 heterocycles. The van der Waals surface area contributed by atoms with Crippen LogP contribution in [0.4, 0.5) is 0 Å². The third kappa shape index (κ3) is 25.8. The van der Waals surface area contributed by atoms with Gasteiger partial charge in [-0.2, -0.15) is 11.8 Å². The Kier molecular flexibility index (Phi) is 37.0. The highest BCUT2D eigenvalue weighted by Gasteiger charge is 2.47. The minimum Gasteiger partial charge on any atom is -0.469 e. The fourth-order valence-corrected chi connectivity index (χ4v) is 12.9. The molecule has 0 aliphatic carbocycles. The van der Waals surface area contributed by atoms with E-state index in [0.29, 0.717) is 18.6 Å². The number of nitrogens with zero attached hydrogens (tertiary/aromatic N) is 7. The zero-order valence-corrected chi connectivity index (χ0v) is 63.4. The fraction of sp³-hybridized carbons (Fsp3) is 0.797. The molecule has 11 amide bonds. The van der Waals surface area contributed by atoms with E-state index in [1.54, 1.807) is 60.6 Å². The van der Waals surface area contributed by atoms with Gasteiger partial charge >= 0.3 is 5.97 Å². The highest BCUT2D eigenvalue weighted by atomic mass is 32.2. The fourth-order valence-electron chi connectivity index (χ4n) is 11.7. The van der Waals surface area contributed by atoms with Crippen molar-refractivity contribution in [3.8, 4) is 0 Å². The minimum atomic E-state index is -1.69. The number of nitrogens with one attached hydrogen (secondary N) is 4. The van der Waals surface area contributed by atoms with Gasteiger partial charge in [0.2, 0.25) is 65.0 Å². The van der Waals surface area contributed by atoms with Crippen LogP contribution in [0.3, 0.4) is 0 Å². The van der Waals surface area contributed by atoms with Crippen LogP contribution < -0.4 is 21.3 Å². The predicted octanol–water partition coefficient (Wildman–Crippen LogP) is 3.83. The SMILES string of the molecule is C/C=C/C[C@@H](C)[C@@H](O)[C@H]1C(=O)N[C@@H](CC)C(=O)N(C)[C@@H](CSCCCCC(=O)OC)C(=O)N(C)[C@@H](CC(C)(C)O)C(=O)N[C@H](C(C)C)C(=O)N(C)[C@H](CC(C)C)C(=O)N[C@H](C)C(=O)N[C@@H](C)C(=O)N(C)[C@@H](CC(C)C)C(=O)N(C)[C@@H](CC(C)C)C(=O)N(C)[C@@H](C(C)C)C(=O)N1C. The summed E-state index contributed by atoms with van der Waals surface area (Å²) in [5.74, 6) is -10.7. The number of aliphatic hydroxyl groups is 2. The molecule has 0 aromatic heterocycles. The molecule has 1 rings (SSSR count). The number of ether oxygens (including phenoxy) is 1. The molecule has 27 heteroatoms. The van der Waals surface area contributed by atoms with E-state index >= 15 is 28.8 Å². The van der Waals surface area contributed by atoms with Crippen molar-refractivity contribution in [1.82, 2.24) is 55.6 Å². The number of thioether (sulfide) groups is 1. The zero-order valence-electron chi connectivity index (χ0n) is 62.6. The van der Waals surface area contributed by atoms with E-state index in [0.717, 1.165) is 14.7 Å². The van der Waals surface area contributed by atoms with E-state index in [1.807, 2.05) is 41.5 Å². The third-order valence-electron chi connectivity index (χ3n) is 17.8. The van der Waals surface area contributed by atoms with Crippen LogP contribution in [0.15, 0.2) is 12.2 Å². The average molecular weight is 1380 g/mol. The molecule has 96 heavy (non-hydrogen) atoms. The van der Waals surface area contributed by atoms with Crippen LogP contribution in [0, 0.1) is 35.5 Å². The Bertz CT molecular complexity index is 2650. The van der Waals surface area contributed by atoms with Crippen LogP contribution >= 0.6 is 11.8 Å². The number of likely N-dealkylation sites (N-methyl/N-ethyl adjacent to an activating group) is 7. The molecule has 0 unspecified atom stereocenters. The van der Waals surface area contributed by atoms with Crippen LogP contribution in [0.2, 0.25) is 0 Å². The van der Waals surface area contributed by atoms with Crippen molar-refractivity contribution in [3.63, 3.8) is 0 Å². The summed E-state index contributed by atoms with van der Waals surface area (Å²) in [6.45, 7) is 28.7. The summed E-state index contributed by atoms with van der Waals surface area (Å²) >= 11 is 1.28. The number of hydrogen-bond donors (Lipinski definition) is 6.